The molecule has 0 spiro atoms. The van der Waals surface area contributed by atoms with Crippen molar-refractivity contribution >= 4 is 39.4 Å². The van der Waals surface area contributed by atoms with Crippen LogP contribution < -0.4 is 10.1 Å². The van der Waals surface area contributed by atoms with Crippen molar-refractivity contribution < 1.29 is 9.53 Å². The van der Waals surface area contributed by atoms with Crippen LogP contribution in [0.25, 0.3) is 11.4 Å². The Kier molecular flexibility index (Phi) is 5.12. The number of halogens is 2. The summed E-state index contributed by atoms with van der Waals surface area (Å²) >= 11 is 9.36. The highest BCUT2D eigenvalue weighted by atomic mass is 79.9. The van der Waals surface area contributed by atoms with Gasteiger partial charge in [0.1, 0.15) is 5.75 Å². The van der Waals surface area contributed by atoms with Gasteiger partial charge < -0.3 is 4.74 Å². The molecule has 8 heteroatoms. The molecule has 3 rings (SSSR count). The molecule has 24 heavy (non-hydrogen) atoms. The van der Waals surface area contributed by atoms with E-state index in [4.69, 9.17) is 16.3 Å². The first-order chi connectivity index (χ1) is 11.6. The molecule has 6 nitrogen and oxygen atoms in total. The lowest BCUT2D eigenvalue weighted by molar-refractivity contribution is -0.118. The molecule has 0 saturated carbocycles. The molecule has 0 fully saturated rings. The summed E-state index contributed by atoms with van der Waals surface area (Å²) in [5, 5.41) is 9.76. The second-order valence-electron chi connectivity index (χ2n) is 4.79. The van der Waals surface area contributed by atoms with Crippen molar-refractivity contribution in [1.82, 2.24) is 15.2 Å². The number of aromatic amines is 1. The van der Waals surface area contributed by atoms with Crippen molar-refractivity contribution in [3.8, 4) is 17.1 Å². The first-order valence-electron chi connectivity index (χ1n) is 6.97. The molecule has 0 radical (unpaired) electrons. The quantitative estimate of drug-likeness (QED) is 0.672. The minimum absolute atomic E-state index is 0.178. The largest absolute Gasteiger partial charge is 0.482 e. The molecule has 0 aliphatic carbocycles. The molecule has 0 aliphatic rings. The third-order valence-corrected chi connectivity index (χ3v) is 3.84. The van der Waals surface area contributed by atoms with Gasteiger partial charge in [-0.25, -0.2) is 0 Å². The third kappa shape index (κ3) is 4.12. The van der Waals surface area contributed by atoms with Gasteiger partial charge in [-0.2, -0.15) is 4.98 Å². The molecule has 0 saturated heterocycles. The van der Waals surface area contributed by atoms with E-state index in [-0.39, 0.29) is 18.5 Å². The fraction of sp³-hybridized carbons (Fsp3) is 0.0625. The number of anilines is 1. The smallest absolute Gasteiger partial charge is 0.264 e. The van der Waals surface area contributed by atoms with E-state index >= 15 is 0 Å². The second-order valence-corrected chi connectivity index (χ2v) is 6.11. The molecular weight excluding hydrogens is 396 g/mol. The Morgan fingerprint density at radius 1 is 1.25 bits per heavy atom. The minimum Gasteiger partial charge on any atom is -0.482 e. The van der Waals surface area contributed by atoms with Crippen molar-refractivity contribution in [2.45, 2.75) is 0 Å². The summed E-state index contributed by atoms with van der Waals surface area (Å²) in [5.41, 5.74) is 0.852. The van der Waals surface area contributed by atoms with Gasteiger partial charge in [0.25, 0.3) is 5.91 Å². The fourth-order valence-corrected chi connectivity index (χ4v) is 2.54. The molecule has 3 aromatic rings. The van der Waals surface area contributed by atoms with E-state index in [0.29, 0.717) is 16.6 Å². The number of ether oxygens (including phenoxy) is 1. The SMILES string of the molecule is O=C(COc1ccccc1Cl)Nc1n[nH]c(-c2cccc(Br)c2)n1. The number of para-hydroxylation sites is 1. The van der Waals surface area contributed by atoms with Gasteiger partial charge in [-0.1, -0.05) is 51.8 Å². The Morgan fingerprint density at radius 2 is 2.08 bits per heavy atom. The van der Waals surface area contributed by atoms with Crippen LogP contribution in [-0.4, -0.2) is 27.7 Å². The molecule has 2 aromatic carbocycles. The first-order valence-corrected chi connectivity index (χ1v) is 8.14. The fourth-order valence-electron chi connectivity index (χ4n) is 1.95. The van der Waals surface area contributed by atoms with E-state index in [1.54, 1.807) is 24.3 Å². The Hall–Kier alpha value is -2.38. The number of hydrogen-bond donors (Lipinski definition) is 2. The van der Waals surface area contributed by atoms with Gasteiger partial charge >= 0.3 is 0 Å². The van der Waals surface area contributed by atoms with Crippen LogP contribution in [0.15, 0.2) is 53.0 Å². The lowest BCUT2D eigenvalue weighted by atomic mass is 10.2. The summed E-state index contributed by atoms with van der Waals surface area (Å²) in [7, 11) is 0. The summed E-state index contributed by atoms with van der Waals surface area (Å²) < 4.78 is 6.29. The van der Waals surface area contributed by atoms with Crippen LogP contribution >= 0.6 is 27.5 Å². The van der Waals surface area contributed by atoms with Crippen molar-refractivity contribution in [3.63, 3.8) is 0 Å². The zero-order valence-electron chi connectivity index (χ0n) is 12.3. The Morgan fingerprint density at radius 3 is 2.88 bits per heavy atom. The van der Waals surface area contributed by atoms with E-state index in [2.05, 4.69) is 36.4 Å². The van der Waals surface area contributed by atoms with Gasteiger partial charge in [0.05, 0.1) is 5.02 Å². The topological polar surface area (TPSA) is 79.9 Å². The Labute approximate surface area is 151 Å². The summed E-state index contributed by atoms with van der Waals surface area (Å²) in [6.45, 7) is -0.190. The maximum absolute atomic E-state index is 11.9. The molecule has 1 aromatic heterocycles. The lowest BCUT2D eigenvalue weighted by Crippen LogP contribution is -2.20. The maximum Gasteiger partial charge on any atom is 0.264 e. The molecular formula is C16H12BrClN4O2. The average molecular weight is 408 g/mol. The summed E-state index contributed by atoms with van der Waals surface area (Å²) in [5.74, 6) is 0.796. The van der Waals surface area contributed by atoms with Gasteiger partial charge in [0.2, 0.25) is 5.95 Å². The average Bonchev–Trinajstić information content (AvgIpc) is 3.02. The Balaban J connectivity index is 1.60. The number of aromatic nitrogens is 3. The van der Waals surface area contributed by atoms with Crippen LogP contribution in [0.2, 0.25) is 5.02 Å². The molecule has 1 heterocycles. The van der Waals surface area contributed by atoms with Crippen LogP contribution in [0.3, 0.4) is 0 Å². The van der Waals surface area contributed by atoms with E-state index < -0.39 is 0 Å². The van der Waals surface area contributed by atoms with Crippen LogP contribution in [0.4, 0.5) is 5.95 Å². The summed E-state index contributed by atoms with van der Waals surface area (Å²) in [6.07, 6.45) is 0. The molecule has 0 atom stereocenters. The van der Waals surface area contributed by atoms with Crippen molar-refractivity contribution in [3.05, 3.63) is 58.0 Å². The summed E-state index contributed by atoms with van der Waals surface area (Å²) in [4.78, 5) is 16.1. The second kappa shape index (κ2) is 7.46. The summed E-state index contributed by atoms with van der Waals surface area (Å²) in [6, 6.07) is 14.5. The number of H-pyrrole nitrogens is 1. The number of hydrogen-bond acceptors (Lipinski definition) is 4. The molecule has 1 amide bonds. The highest BCUT2D eigenvalue weighted by molar-refractivity contribution is 9.10. The van der Waals surface area contributed by atoms with Crippen molar-refractivity contribution in [2.75, 3.05) is 11.9 Å². The number of rotatable bonds is 5. The molecule has 0 aliphatic heterocycles. The normalized spacial score (nSPS) is 10.4. The molecule has 0 unspecified atom stereocenters. The first kappa shape index (κ1) is 16.5. The van der Waals surface area contributed by atoms with E-state index in [1.165, 1.54) is 0 Å². The van der Waals surface area contributed by atoms with Gasteiger partial charge in [-0.15, -0.1) is 5.10 Å². The lowest BCUT2D eigenvalue weighted by Gasteiger charge is -2.06. The molecule has 122 valence electrons. The van der Waals surface area contributed by atoms with Gasteiger partial charge in [0.15, 0.2) is 12.4 Å². The van der Waals surface area contributed by atoms with Gasteiger partial charge in [0, 0.05) is 10.0 Å². The highest BCUT2D eigenvalue weighted by Gasteiger charge is 2.10. The van der Waals surface area contributed by atoms with Crippen molar-refractivity contribution in [2.24, 2.45) is 0 Å². The number of carbonyl (C=O) groups is 1. The minimum atomic E-state index is -0.380. The zero-order chi connectivity index (χ0) is 16.9. The number of amides is 1. The van der Waals surface area contributed by atoms with E-state index in [0.717, 1.165) is 10.0 Å². The molecule has 0 bridgehead atoms. The predicted molar refractivity (Wildman–Crippen MR) is 95.1 cm³/mol. The standard InChI is InChI=1S/C16H12BrClN4O2/c17-11-5-3-4-10(8-11)15-20-16(22-21-15)19-14(23)9-24-13-7-2-1-6-12(13)18/h1-8H,9H2,(H2,19,20,21,22,23). The number of nitrogens with one attached hydrogen (secondary N) is 2. The van der Waals surface area contributed by atoms with Crippen LogP contribution in [0.5, 0.6) is 5.75 Å². The van der Waals surface area contributed by atoms with E-state index in [9.17, 15) is 4.79 Å². The van der Waals surface area contributed by atoms with Crippen LogP contribution in [0, 0.1) is 0 Å². The van der Waals surface area contributed by atoms with Crippen LogP contribution in [-0.2, 0) is 4.79 Å². The predicted octanol–water partition coefficient (Wildman–Crippen LogP) is 3.91. The van der Waals surface area contributed by atoms with Gasteiger partial charge in [-0.3, -0.25) is 15.2 Å². The van der Waals surface area contributed by atoms with Crippen molar-refractivity contribution in [1.29, 1.82) is 0 Å². The number of carbonyl (C=O) groups excluding carboxylic acids is 1. The Bertz CT molecular complexity index is 869. The number of nitrogens with zero attached hydrogens (tertiary/aromatic N) is 2. The number of benzene rings is 2. The monoisotopic (exact) mass is 406 g/mol. The third-order valence-electron chi connectivity index (χ3n) is 3.03. The zero-order valence-corrected chi connectivity index (χ0v) is 14.6. The van der Waals surface area contributed by atoms with Crippen LogP contribution in [0.1, 0.15) is 0 Å². The van der Waals surface area contributed by atoms with Gasteiger partial charge in [-0.05, 0) is 24.3 Å². The maximum atomic E-state index is 11.9. The highest BCUT2D eigenvalue weighted by Crippen LogP contribution is 2.23. The van der Waals surface area contributed by atoms with E-state index in [1.807, 2.05) is 24.3 Å². The molecule has 2 N–H and O–H groups in total.